The number of hydrogen-bond acceptors (Lipinski definition) is 1. The summed E-state index contributed by atoms with van der Waals surface area (Å²) in [6.07, 6.45) is 0. The van der Waals surface area contributed by atoms with E-state index in [1.807, 2.05) is 18.5 Å². The van der Waals surface area contributed by atoms with Crippen molar-refractivity contribution in [2.45, 2.75) is 26.7 Å². The molecule has 0 saturated heterocycles. The molecule has 2 aromatic rings. The van der Waals surface area contributed by atoms with E-state index in [9.17, 15) is 0 Å². The van der Waals surface area contributed by atoms with Gasteiger partial charge < -0.3 is 4.57 Å². The van der Waals surface area contributed by atoms with Crippen molar-refractivity contribution in [3.63, 3.8) is 0 Å². The van der Waals surface area contributed by atoms with Crippen LogP contribution in [0, 0.1) is 18.3 Å². The van der Waals surface area contributed by atoms with Crippen molar-refractivity contribution in [1.82, 2.24) is 4.57 Å². The van der Waals surface area contributed by atoms with Gasteiger partial charge in [0.05, 0.1) is 0 Å². The third kappa shape index (κ3) is 1.40. The second kappa shape index (κ2) is 3.68. The van der Waals surface area contributed by atoms with Crippen molar-refractivity contribution >= 4 is 10.9 Å². The van der Waals surface area contributed by atoms with E-state index in [4.69, 9.17) is 5.26 Å². The number of hydrogen-bond donors (Lipinski definition) is 0. The second-order valence-electron chi connectivity index (χ2n) is 4.58. The number of nitrogens with zero attached hydrogens (tertiary/aromatic N) is 2. The summed E-state index contributed by atoms with van der Waals surface area (Å²) in [5, 5.41) is 10.3. The molecule has 0 aliphatic carbocycles. The van der Waals surface area contributed by atoms with Crippen LogP contribution in [-0.2, 0) is 7.05 Å². The van der Waals surface area contributed by atoms with Gasteiger partial charge in [0.25, 0.3) is 0 Å². The molecule has 0 amide bonds. The molecule has 0 bridgehead atoms. The SMILES string of the molecule is Cc1c(C#N)n(C)c2ccc(C(C)C)cc12. The molecule has 1 aromatic heterocycles. The minimum absolute atomic E-state index is 0.523. The molecule has 0 aliphatic heterocycles. The van der Waals surface area contributed by atoms with Gasteiger partial charge in [0.2, 0.25) is 0 Å². The standard InChI is InChI=1S/C14H16N2/c1-9(2)11-5-6-13-12(7-11)10(3)14(8-15)16(13)4/h5-7,9H,1-4H3. The van der Waals surface area contributed by atoms with Crippen molar-refractivity contribution < 1.29 is 0 Å². The van der Waals surface area contributed by atoms with E-state index in [0.717, 1.165) is 16.8 Å². The summed E-state index contributed by atoms with van der Waals surface area (Å²) < 4.78 is 1.97. The van der Waals surface area contributed by atoms with E-state index in [2.05, 4.69) is 38.1 Å². The van der Waals surface area contributed by atoms with Gasteiger partial charge in [0.15, 0.2) is 0 Å². The Labute approximate surface area is 96.1 Å². The average Bonchev–Trinajstić information content (AvgIpc) is 2.51. The third-order valence-electron chi connectivity index (χ3n) is 3.25. The van der Waals surface area contributed by atoms with Crippen LogP contribution in [0.5, 0.6) is 0 Å². The van der Waals surface area contributed by atoms with Crippen LogP contribution in [0.4, 0.5) is 0 Å². The second-order valence-corrected chi connectivity index (χ2v) is 4.58. The molecule has 2 heteroatoms. The van der Waals surface area contributed by atoms with Crippen molar-refractivity contribution in [3.05, 3.63) is 35.0 Å². The first-order chi connectivity index (χ1) is 7.56. The Hall–Kier alpha value is -1.75. The predicted octanol–water partition coefficient (Wildman–Crippen LogP) is 3.48. The molecule has 0 spiro atoms. The molecule has 0 unspecified atom stereocenters. The highest BCUT2D eigenvalue weighted by Crippen LogP contribution is 2.27. The highest BCUT2D eigenvalue weighted by Gasteiger charge is 2.12. The molecule has 0 saturated carbocycles. The fraction of sp³-hybridized carbons (Fsp3) is 0.357. The van der Waals surface area contributed by atoms with Crippen LogP contribution >= 0.6 is 0 Å². The molecule has 0 fully saturated rings. The van der Waals surface area contributed by atoms with E-state index in [1.165, 1.54) is 10.9 Å². The monoisotopic (exact) mass is 212 g/mol. The summed E-state index contributed by atoms with van der Waals surface area (Å²) in [7, 11) is 1.95. The van der Waals surface area contributed by atoms with E-state index < -0.39 is 0 Å². The Morgan fingerprint density at radius 2 is 2.00 bits per heavy atom. The summed E-state index contributed by atoms with van der Waals surface area (Å²) in [6, 6.07) is 8.73. The zero-order chi connectivity index (χ0) is 11.9. The Balaban J connectivity index is 2.80. The van der Waals surface area contributed by atoms with Gasteiger partial charge in [-0.2, -0.15) is 5.26 Å². The molecule has 16 heavy (non-hydrogen) atoms. The fourth-order valence-corrected chi connectivity index (χ4v) is 2.16. The number of aryl methyl sites for hydroxylation is 2. The molecule has 2 rings (SSSR count). The summed E-state index contributed by atoms with van der Waals surface area (Å²) in [6.45, 7) is 6.39. The number of fused-ring (bicyclic) bond motifs is 1. The first-order valence-corrected chi connectivity index (χ1v) is 5.55. The van der Waals surface area contributed by atoms with Gasteiger partial charge in [-0.15, -0.1) is 0 Å². The molecular weight excluding hydrogens is 196 g/mol. The lowest BCUT2D eigenvalue weighted by atomic mass is 10.0. The van der Waals surface area contributed by atoms with Gasteiger partial charge in [-0.05, 0) is 36.1 Å². The van der Waals surface area contributed by atoms with E-state index >= 15 is 0 Å². The van der Waals surface area contributed by atoms with Gasteiger partial charge in [-0.3, -0.25) is 0 Å². The lowest BCUT2D eigenvalue weighted by Gasteiger charge is -2.05. The highest BCUT2D eigenvalue weighted by molar-refractivity contribution is 5.87. The molecule has 82 valence electrons. The minimum Gasteiger partial charge on any atom is -0.335 e. The molecule has 0 aliphatic rings. The Bertz CT molecular complexity index is 583. The number of nitriles is 1. The van der Waals surface area contributed by atoms with Crippen LogP contribution in [0.15, 0.2) is 18.2 Å². The number of rotatable bonds is 1. The van der Waals surface area contributed by atoms with Crippen LogP contribution in [-0.4, -0.2) is 4.57 Å². The maximum atomic E-state index is 9.11. The Morgan fingerprint density at radius 3 is 2.56 bits per heavy atom. The highest BCUT2D eigenvalue weighted by atomic mass is 14.9. The van der Waals surface area contributed by atoms with Crippen LogP contribution in [0.3, 0.4) is 0 Å². The minimum atomic E-state index is 0.523. The van der Waals surface area contributed by atoms with E-state index in [0.29, 0.717) is 5.92 Å². The number of benzene rings is 1. The number of aromatic nitrogens is 1. The largest absolute Gasteiger partial charge is 0.335 e. The molecule has 0 N–H and O–H groups in total. The molecule has 1 heterocycles. The van der Waals surface area contributed by atoms with Gasteiger partial charge in [0, 0.05) is 18.0 Å². The summed E-state index contributed by atoms with van der Waals surface area (Å²) in [5.41, 5.74) is 4.31. The van der Waals surface area contributed by atoms with Gasteiger partial charge in [-0.25, -0.2) is 0 Å². The third-order valence-corrected chi connectivity index (χ3v) is 3.25. The Kier molecular flexibility index (Phi) is 2.47. The average molecular weight is 212 g/mol. The quantitative estimate of drug-likeness (QED) is 0.711. The first kappa shape index (κ1) is 10.8. The van der Waals surface area contributed by atoms with Gasteiger partial charge in [-0.1, -0.05) is 19.9 Å². The topological polar surface area (TPSA) is 28.7 Å². The first-order valence-electron chi connectivity index (χ1n) is 5.55. The van der Waals surface area contributed by atoms with E-state index in [1.54, 1.807) is 0 Å². The van der Waals surface area contributed by atoms with Crippen LogP contribution in [0.2, 0.25) is 0 Å². The summed E-state index contributed by atoms with van der Waals surface area (Å²) in [5.74, 6) is 0.523. The normalized spacial score (nSPS) is 11.0. The van der Waals surface area contributed by atoms with Crippen molar-refractivity contribution in [3.8, 4) is 6.07 Å². The fourth-order valence-electron chi connectivity index (χ4n) is 2.16. The lowest BCUT2D eigenvalue weighted by Crippen LogP contribution is -1.91. The van der Waals surface area contributed by atoms with Crippen LogP contribution < -0.4 is 0 Å². The van der Waals surface area contributed by atoms with Gasteiger partial charge in [0.1, 0.15) is 11.8 Å². The Morgan fingerprint density at radius 1 is 1.31 bits per heavy atom. The van der Waals surface area contributed by atoms with E-state index in [-0.39, 0.29) is 0 Å². The molecule has 2 nitrogen and oxygen atoms in total. The molecule has 0 atom stereocenters. The maximum Gasteiger partial charge on any atom is 0.123 e. The lowest BCUT2D eigenvalue weighted by molar-refractivity contribution is 0.868. The smallest absolute Gasteiger partial charge is 0.123 e. The van der Waals surface area contributed by atoms with Crippen molar-refractivity contribution in [2.24, 2.45) is 7.05 Å². The van der Waals surface area contributed by atoms with Crippen molar-refractivity contribution in [1.29, 1.82) is 5.26 Å². The molecular formula is C14H16N2. The van der Waals surface area contributed by atoms with Crippen molar-refractivity contribution in [2.75, 3.05) is 0 Å². The molecule has 1 aromatic carbocycles. The molecule has 0 radical (unpaired) electrons. The van der Waals surface area contributed by atoms with Crippen LogP contribution in [0.25, 0.3) is 10.9 Å². The van der Waals surface area contributed by atoms with Gasteiger partial charge >= 0.3 is 0 Å². The zero-order valence-corrected chi connectivity index (χ0v) is 10.2. The summed E-state index contributed by atoms with van der Waals surface area (Å²) >= 11 is 0. The zero-order valence-electron chi connectivity index (χ0n) is 10.2. The van der Waals surface area contributed by atoms with Crippen LogP contribution in [0.1, 0.15) is 36.6 Å². The summed E-state index contributed by atoms with van der Waals surface area (Å²) in [4.78, 5) is 0. The predicted molar refractivity (Wildman–Crippen MR) is 66.5 cm³/mol. The maximum absolute atomic E-state index is 9.11.